The molecule has 0 N–H and O–H groups in total. The van der Waals surface area contributed by atoms with Crippen molar-refractivity contribution < 1.29 is 13.6 Å². The fraction of sp³-hybridized carbons (Fsp3) is 0.0556. The molecule has 0 aliphatic carbocycles. The molecule has 0 unspecified atom stereocenters. The van der Waals surface area contributed by atoms with E-state index in [4.69, 9.17) is 13.6 Å². The lowest BCUT2D eigenvalue weighted by atomic mass is 10.1. The molecule has 2 aromatic carbocycles. The van der Waals surface area contributed by atoms with Gasteiger partial charge in [-0.2, -0.15) is 0 Å². The summed E-state index contributed by atoms with van der Waals surface area (Å²) in [5.74, 6) is 1.64. The summed E-state index contributed by atoms with van der Waals surface area (Å²) >= 11 is 2.13. The molecule has 0 amide bonds. The molecule has 4 rings (SSSR count). The number of fused-ring (bicyclic) bond motifs is 2. The van der Waals surface area contributed by atoms with E-state index >= 15 is 0 Å². The van der Waals surface area contributed by atoms with Crippen LogP contribution in [-0.4, -0.2) is 7.11 Å². The van der Waals surface area contributed by atoms with Crippen molar-refractivity contribution in [2.45, 2.75) is 0 Å². The molecule has 114 valence electrons. The van der Waals surface area contributed by atoms with Gasteiger partial charge in [0, 0.05) is 5.56 Å². The van der Waals surface area contributed by atoms with Gasteiger partial charge in [0.1, 0.15) is 16.7 Å². The van der Waals surface area contributed by atoms with Crippen LogP contribution in [0.1, 0.15) is 0 Å². The topological polar surface area (TPSA) is 52.6 Å². The molecule has 0 aliphatic heterocycles. The Hall–Kier alpha value is -2.28. The van der Waals surface area contributed by atoms with Gasteiger partial charge in [0.05, 0.1) is 16.1 Å². The lowest BCUT2D eigenvalue weighted by Crippen LogP contribution is -2.01. The molecule has 2 aromatic heterocycles. The Balaban J connectivity index is 2.01. The highest BCUT2D eigenvalue weighted by Crippen LogP contribution is 2.35. The maximum Gasteiger partial charge on any atom is 0.303 e. The standard InChI is InChI=1S/C18H11IO4/c1-21-11-8-6-10(7-9-11)17-15(19)14-16(20)12-4-2-3-5-13(12)22-18(14)23-17/h2-9H,1H3. The van der Waals surface area contributed by atoms with Gasteiger partial charge in [0.15, 0.2) is 5.76 Å². The van der Waals surface area contributed by atoms with E-state index in [9.17, 15) is 4.79 Å². The SMILES string of the molecule is COc1ccc(-c2oc3oc4ccccc4c(=O)c3c2I)cc1. The summed E-state index contributed by atoms with van der Waals surface area (Å²) < 4.78 is 17.5. The molecule has 4 aromatic rings. The second kappa shape index (κ2) is 5.42. The van der Waals surface area contributed by atoms with Gasteiger partial charge >= 0.3 is 5.78 Å². The smallest absolute Gasteiger partial charge is 0.303 e. The molecule has 0 radical (unpaired) electrons. The molecule has 0 aliphatic rings. The van der Waals surface area contributed by atoms with Gasteiger partial charge in [-0.1, -0.05) is 12.1 Å². The van der Waals surface area contributed by atoms with Gasteiger partial charge in [-0.3, -0.25) is 4.79 Å². The quantitative estimate of drug-likeness (QED) is 0.438. The van der Waals surface area contributed by atoms with Crippen LogP contribution >= 0.6 is 22.6 Å². The Bertz CT molecular complexity index is 1070. The number of rotatable bonds is 2. The lowest BCUT2D eigenvalue weighted by molar-refractivity contribution is 0.415. The van der Waals surface area contributed by atoms with Crippen molar-refractivity contribution in [2.24, 2.45) is 0 Å². The molecule has 4 nitrogen and oxygen atoms in total. The van der Waals surface area contributed by atoms with E-state index in [0.717, 1.165) is 14.9 Å². The second-order valence-corrected chi connectivity index (χ2v) is 6.14. The normalized spacial score (nSPS) is 11.2. The molecule has 0 atom stereocenters. The number of hydrogen-bond acceptors (Lipinski definition) is 4. The van der Waals surface area contributed by atoms with Crippen molar-refractivity contribution in [1.29, 1.82) is 0 Å². The number of furan rings is 1. The zero-order valence-electron chi connectivity index (χ0n) is 12.1. The third kappa shape index (κ3) is 2.23. The van der Waals surface area contributed by atoms with Crippen LogP contribution in [0.25, 0.3) is 33.5 Å². The minimum Gasteiger partial charge on any atom is -0.497 e. The first-order valence-corrected chi connectivity index (χ1v) is 8.05. The number of para-hydroxylation sites is 1. The van der Waals surface area contributed by atoms with E-state index in [2.05, 4.69) is 22.6 Å². The van der Waals surface area contributed by atoms with E-state index in [1.807, 2.05) is 36.4 Å². The van der Waals surface area contributed by atoms with Gasteiger partial charge in [0.2, 0.25) is 5.43 Å². The average Bonchev–Trinajstić information content (AvgIpc) is 2.92. The van der Waals surface area contributed by atoms with E-state index in [0.29, 0.717) is 22.1 Å². The second-order valence-electron chi connectivity index (χ2n) is 5.06. The highest BCUT2D eigenvalue weighted by molar-refractivity contribution is 14.1. The zero-order valence-corrected chi connectivity index (χ0v) is 14.3. The van der Waals surface area contributed by atoms with Crippen molar-refractivity contribution in [3.63, 3.8) is 0 Å². The Kier molecular flexibility index (Phi) is 3.37. The van der Waals surface area contributed by atoms with Gasteiger partial charge in [-0.25, -0.2) is 0 Å². The molecule has 5 heteroatoms. The molecule has 0 fully saturated rings. The fourth-order valence-electron chi connectivity index (χ4n) is 2.56. The molecular weight excluding hydrogens is 407 g/mol. The van der Waals surface area contributed by atoms with Gasteiger partial charge < -0.3 is 13.6 Å². The summed E-state index contributed by atoms with van der Waals surface area (Å²) in [6.45, 7) is 0. The van der Waals surface area contributed by atoms with Gasteiger partial charge in [0.25, 0.3) is 0 Å². The maximum atomic E-state index is 12.7. The van der Waals surface area contributed by atoms with Gasteiger partial charge in [-0.15, -0.1) is 0 Å². The van der Waals surface area contributed by atoms with E-state index in [1.54, 1.807) is 19.2 Å². The molecule has 0 bridgehead atoms. The monoisotopic (exact) mass is 418 g/mol. The van der Waals surface area contributed by atoms with Crippen molar-refractivity contribution in [1.82, 2.24) is 0 Å². The Morgan fingerprint density at radius 3 is 2.48 bits per heavy atom. The number of methoxy groups -OCH3 is 1. The number of halogens is 1. The number of benzene rings is 2. The van der Waals surface area contributed by atoms with Crippen LogP contribution in [0.2, 0.25) is 0 Å². The van der Waals surface area contributed by atoms with Crippen LogP contribution in [0.5, 0.6) is 5.75 Å². The van der Waals surface area contributed by atoms with Crippen molar-refractivity contribution >= 4 is 44.7 Å². The van der Waals surface area contributed by atoms with Crippen LogP contribution < -0.4 is 10.2 Å². The Morgan fingerprint density at radius 2 is 1.74 bits per heavy atom. The summed E-state index contributed by atoms with van der Waals surface area (Å²) in [4.78, 5) is 12.7. The first-order valence-electron chi connectivity index (χ1n) is 6.97. The Morgan fingerprint density at radius 1 is 1.00 bits per heavy atom. The van der Waals surface area contributed by atoms with Gasteiger partial charge in [-0.05, 0) is 59.0 Å². The minimum absolute atomic E-state index is 0.0743. The first kappa shape index (κ1) is 14.3. The molecule has 0 spiro atoms. The van der Waals surface area contributed by atoms with Crippen LogP contribution in [0.15, 0.2) is 62.2 Å². The van der Waals surface area contributed by atoms with Crippen molar-refractivity contribution in [2.75, 3.05) is 7.11 Å². The molecule has 23 heavy (non-hydrogen) atoms. The predicted octanol–water partition coefficient (Wildman–Crippen LogP) is 4.82. The predicted molar refractivity (Wildman–Crippen MR) is 97.0 cm³/mol. The fourth-order valence-corrected chi connectivity index (χ4v) is 3.45. The highest BCUT2D eigenvalue weighted by Gasteiger charge is 2.20. The molecular formula is C18H11IO4. The average molecular weight is 418 g/mol. The van der Waals surface area contributed by atoms with Crippen molar-refractivity contribution in [3.05, 3.63) is 62.3 Å². The minimum atomic E-state index is -0.0743. The summed E-state index contributed by atoms with van der Waals surface area (Å²) in [5, 5.41) is 1.04. The summed E-state index contributed by atoms with van der Waals surface area (Å²) in [7, 11) is 1.62. The largest absolute Gasteiger partial charge is 0.497 e. The van der Waals surface area contributed by atoms with Crippen LogP contribution in [0.4, 0.5) is 0 Å². The molecule has 2 heterocycles. The molecule has 0 saturated carbocycles. The third-order valence-corrected chi connectivity index (χ3v) is 4.76. The highest BCUT2D eigenvalue weighted by atomic mass is 127. The van der Waals surface area contributed by atoms with E-state index in [1.165, 1.54) is 0 Å². The van der Waals surface area contributed by atoms with Crippen LogP contribution in [0, 0.1) is 3.57 Å². The maximum absolute atomic E-state index is 12.7. The summed E-state index contributed by atoms with van der Waals surface area (Å²) in [6.07, 6.45) is 0. The lowest BCUT2D eigenvalue weighted by Gasteiger charge is -2.00. The number of hydrogen-bond donors (Lipinski definition) is 0. The molecule has 0 saturated heterocycles. The van der Waals surface area contributed by atoms with E-state index < -0.39 is 0 Å². The summed E-state index contributed by atoms with van der Waals surface area (Å²) in [5.41, 5.74) is 1.32. The first-order chi connectivity index (χ1) is 11.2. The number of ether oxygens (including phenoxy) is 1. The van der Waals surface area contributed by atoms with E-state index in [-0.39, 0.29) is 11.2 Å². The van der Waals surface area contributed by atoms with Crippen LogP contribution in [-0.2, 0) is 0 Å². The van der Waals surface area contributed by atoms with Crippen LogP contribution in [0.3, 0.4) is 0 Å². The zero-order chi connectivity index (χ0) is 16.0. The summed E-state index contributed by atoms with van der Waals surface area (Å²) in [6, 6.07) is 14.7. The Labute approximate surface area is 144 Å². The third-order valence-electron chi connectivity index (χ3n) is 3.73. The van der Waals surface area contributed by atoms with Crippen molar-refractivity contribution in [3.8, 4) is 17.1 Å².